The fourth-order valence-electron chi connectivity index (χ4n) is 3.06. The molecule has 0 unspecified atom stereocenters. The average molecular weight is 540 g/mol. The number of nitro groups is 1. The van der Waals surface area contributed by atoms with Crippen molar-refractivity contribution in [3.8, 4) is 17.6 Å². The van der Waals surface area contributed by atoms with Crippen LogP contribution in [0.2, 0.25) is 0 Å². The van der Waals surface area contributed by atoms with Crippen molar-refractivity contribution in [1.29, 1.82) is 5.26 Å². The van der Waals surface area contributed by atoms with Gasteiger partial charge in [-0.05, 0) is 64.3 Å². The first-order valence-electron chi connectivity index (χ1n) is 10.3. The molecule has 1 amide bonds. The number of hydrogen-bond donors (Lipinski definition) is 1. The van der Waals surface area contributed by atoms with Crippen LogP contribution in [0.4, 0.5) is 15.8 Å². The van der Waals surface area contributed by atoms with Gasteiger partial charge >= 0.3 is 0 Å². The van der Waals surface area contributed by atoms with E-state index in [1.54, 1.807) is 37.3 Å². The summed E-state index contributed by atoms with van der Waals surface area (Å²) in [6.07, 6.45) is 1.34. The molecule has 178 valence electrons. The highest BCUT2D eigenvalue weighted by Crippen LogP contribution is 2.38. The molecule has 0 saturated heterocycles. The van der Waals surface area contributed by atoms with Gasteiger partial charge in [-0.25, -0.2) is 4.39 Å². The normalized spacial score (nSPS) is 10.9. The van der Waals surface area contributed by atoms with Crippen LogP contribution in [0.1, 0.15) is 18.1 Å². The van der Waals surface area contributed by atoms with Crippen LogP contribution in [0.5, 0.6) is 11.5 Å². The number of halogens is 2. The fraction of sp³-hybridized carbons (Fsp3) is 0.120. The van der Waals surface area contributed by atoms with Crippen LogP contribution < -0.4 is 14.8 Å². The summed E-state index contributed by atoms with van der Waals surface area (Å²) in [6.45, 7) is 2.14. The second-order valence-corrected chi connectivity index (χ2v) is 7.94. The summed E-state index contributed by atoms with van der Waals surface area (Å²) >= 11 is 3.42. The molecule has 1 N–H and O–H groups in total. The van der Waals surface area contributed by atoms with Crippen LogP contribution in [0, 0.1) is 27.3 Å². The van der Waals surface area contributed by atoms with E-state index in [0.29, 0.717) is 33.7 Å². The summed E-state index contributed by atoms with van der Waals surface area (Å²) in [5.41, 5.74) is 0.721. The lowest BCUT2D eigenvalue weighted by molar-refractivity contribution is -0.384. The van der Waals surface area contributed by atoms with Crippen molar-refractivity contribution >= 4 is 39.3 Å². The van der Waals surface area contributed by atoms with Gasteiger partial charge in [0, 0.05) is 12.1 Å². The van der Waals surface area contributed by atoms with Crippen LogP contribution in [0.15, 0.2) is 70.7 Å². The molecular weight excluding hydrogens is 521 g/mol. The molecule has 0 aliphatic carbocycles. The summed E-state index contributed by atoms with van der Waals surface area (Å²) in [5.74, 6) is -0.697. The number of rotatable bonds is 9. The van der Waals surface area contributed by atoms with Crippen molar-refractivity contribution in [3.05, 3.63) is 97.8 Å². The first-order valence-corrected chi connectivity index (χ1v) is 11.1. The van der Waals surface area contributed by atoms with Crippen molar-refractivity contribution in [2.24, 2.45) is 0 Å². The number of carbonyl (C=O) groups is 1. The molecule has 0 aliphatic rings. The Balaban J connectivity index is 1.86. The number of nitro benzene ring substituents is 1. The Kier molecular flexibility index (Phi) is 8.53. The molecule has 35 heavy (non-hydrogen) atoms. The number of nitrogens with zero attached hydrogens (tertiary/aromatic N) is 2. The number of carbonyl (C=O) groups excluding carboxylic acids is 1. The number of nitrogens with one attached hydrogen (secondary N) is 1. The molecule has 10 heteroatoms. The van der Waals surface area contributed by atoms with Gasteiger partial charge in [0.05, 0.1) is 21.7 Å². The first-order chi connectivity index (χ1) is 16.8. The topological polar surface area (TPSA) is 114 Å². The number of benzene rings is 3. The van der Waals surface area contributed by atoms with E-state index in [2.05, 4.69) is 21.2 Å². The number of amides is 1. The SMILES string of the molecule is CCOc1cc(/C=C(\C#N)C(=O)Nc2ccccc2F)cc(Br)c1OCc1cccc([N+](=O)[O-])c1. The van der Waals surface area contributed by atoms with Crippen molar-refractivity contribution in [2.75, 3.05) is 11.9 Å². The Morgan fingerprint density at radius 1 is 1.20 bits per heavy atom. The van der Waals surface area contributed by atoms with Gasteiger partial charge in [-0.1, -0.05) is 24.3 Å². The summed E-state index contributed by atoms with van der Waals surface area (Å²) in [5, 5.41) is 22.9. The van der Waals surface area contributed by atoms with Gasteiger partial charge in [-0.3, -0.25) is 14.9 Å². The number of hydrogen-bond acceptors (Lipinski definition) is 6. The highest BCUT2D eigenvalue weighted by molar-refractivity contribution is 9.10. The molecular formula is C25H19BrFN3O5. The van der Waals surface area contributed by atoms with Gasteiger partial charge in [-0.15, -0.1) is 0 Å². The number of ether oxygens (including phenoxy) is 2. The smallest absolute Gasteiger partial charge is 0.269 e. The van der Waals surface area contributed by atoms with Gasteiger partial charge in [0.1, 0.15) is 24.1 Å². The molecule has 3 rings (SSSR count). The van der Waals surface area contributed by atoms with E-state index < -0.39 is 16.6 Å². The van der Waals surface area contributed by atoms with Gasteiger partial charge < -0.3 is 14.8 Å². The van der Waals surface area contributed by atoms with Crippen LogP contribution in [-0.2, 0) is 11.4 Å². The molecule has 3 aromatic rings. The Bertz CT molecular complexity index is 1340. The van der Waals surface area contributed by atoms with Gasteiger partial charge in [0.2, 0.25) is 0 Å². The van der Waals surface area contributed by atoms with Crippen molar-refractivity contribution in [2.45, 2.75) is 13.5 Å². The lowest BCUT2D eigenvalue weighted by Gasteiger charge is -2.15. The van der Waals surface area contributed by atoms with Gasteiger partial charge in [0.15, 0.2) is 11.5 Å². The van der Waals surface area contributed by atoms with Crippen molar-refractivity contribution in [3.63, 3.8) is 0 Å². The van der Waals surface area contributed by atoms with Crippen molar-refractivity contribution in [1.82, 2.24) is 0 Å². The second-order valence-electron chi connectivity index (χ2n) is 7.08. The average Bonchev–Trinajstić information content (AvgIpc) is 2.83. The second kappa shape index (κ2) is 11.8. The Morgan fingerprint density at radius 3 is 2.66 bits per heavy atom. The molecule has 0 bridgehead atoms. The zero-order valence-electron chi connectivity index (χ0n) is 18.5. The summed E-state index contributed by atoms with van der Waals surface area (Å²) in [6, 6.07) is 16.7. The standard InChI is InChI=1S/C25H19BrFN3O5/c1-2-34-23-13-17(10-18(14-28)25(31)29-22-9-4-3-8-21(22)27)12-20(26)24(23)35-15-16-6-5-7-19(11-16)30(32)33/h3-13H,2,15H2,1H3,(H,29,31)/b18-10+. The number of para-hydroxylation sites is 1. The predicted octanol–water partition coefficient (Wildman–Crippen LogP) is 6.02. The lowest BCUT2D eigenvalue weighted by Crippen LogP contribution is -2.14. The van der Waals surface area contributed by atoms with Crippen LogP contribution >= 0.6 is 15.9 Å². The van der Waals surface area contributed by atoms with Crippen molar-refractivity contribution < 1.29 is 23.6 Å². The van der Waals surface area contributed by atoms with Crippen LogP contribution in [-0.4, -0.2) is 17.4 Å². The number of non-ortho nitro benzene ring substituents is 1. The third-order valence-corrected chi connectivity index (χ3v) is 5.22. The number of anilines is 1. The monoisotopic (exact) mass is 539 g/mol. The van der Waals surface area contributed by atoms with E-state index in [-0.39, 0.29) is 23.6 Å². The van der Waals surface area contributed by atoms with Crippen LogP contribution in [0.3, 0.4) is 0 Å². The zero-order chi connectivity index (χ0) is 25.4. The van der Waals surface area contributed by atoms with E-state index in [1.165, 1.54) is 36.4 Å². The maximum atomic E-state index is 13.8. The van der Waals surface area contributed by atoms with E-state index >= 15 is 0 Å². The molecule has 0 saturated carbocycles. The van der Waals surface area contributed by atoms with E-state index in [1.807, 2.05) is 6.07 Å². The van der Waals surface area contributed by atoms with Crippen LogP contribution in [0.25, 0.3) is 6.08 Å². The summed E-state index contributed by atoms with van der Waals surface area (Å²) in [4.78, 5) is 23.0. The molecule has 0 atom stereocenters. The maximum Gasteiger partial charge on any atom is 0.269 e. The highest BCUT2D eigenvalue weighted by atomic mass is 79.9. The van der Waals surface area contributed by atoms with E-state index in [4.69, 9.17) is 9.47 Å². The maximum absolute atomic E-state index is 13.8. The minimum absolute atomic E-state index is 0.0419. The molecule has 0 aromatic heterocycles. The number of nitriles is 1. The third-order valence-electron chi connectivity index (χ3n) is 4.63. The molecule has 0 aliphatic heterocycles. The molecule has 3 aromatic carbocycles. The van der Waals surface area contributed by atoms with Gasteiger partial charge in [0.25, 0.3) is 11.6 Å². The Labute approximate surface area is 208 Å². The van der Waals surface area contributed by atoms with E-state index in [0.717, 1.165) is 0 Å². The fourth-order valence-corrected chi connectivity index (χ4v) is 3.63. The third kappa shape index (κ3) is 6.65. The predicted molar refractivity (Wildman–Crippen MR) is 131 cm³/mol. The highest BCUT2D eigenvalue weighted by Gasteiger charge is 2.16. The quantitative estimate of drug-likeness (QED) is 0.154. The van der Waals surface area contributed by atoms with E-state index in [9.17, 15) is 24.6 Å². The molecule has 8 nitrogen and oxygen atoms in total. The molecule has 0 fully saturated rings. The molecule has 0 heterocycles. The minimum Gasteiger partial charge on any atom is -0.490 e. The Morgan fingerprint density at radius 2 is 1.97 bits per heavy atom. The minimum atomic E-state index is -0.766. The first kappa shape index (κ1) is 25.4. The molecule has 0 radical (unpaired) electrons. The van der Waals surface area contributed by atoms with Gasteiger partial charge in [-0.2, -0.15) is 5.26 Å². The lowest BCUT2D eigenvalue weighted by atomic mass is 10.1. The molecule has 0 spiro atoms. The summed E-state index contributed by atoms with van der Waals surface area (Å²) < 4.78 is 25.9. The zero-order valence-corrected chi connectivity index (χ0v) is 20.0. The summed E-state index contributed by atoms with van der Waals surface area (Å²) in [7, 11) is 0. The Hall–Kier alpha value is -4.23. The largest absolute Gasteiger partial charge is 0.490 e.